The van der Waals surface area contributed by atoms with Crippen LogP contribution < -0.4 is 0 Å². The van der Waals surface area contributed by atoms with Crippen LogP contribution in [0.25, 0.3) is 22.1 Å². The summed E-state index contributed by atoms with van der Waals surface area (Å²) in [4.78, 5) is 16.3. The van der Waals surface area contributed by atoms with Crippen molar-refractivity contribution >= 4 is 22.1 Å². The molecule has 48 heavy (non-hydrogen) atoms. The van der Waals surface area contributed by atoms with E-state index in [2.05, 4.69) is 127 Å². The van der Waals surface area contributed by atoms with E-state index in [1.54, 1.807) is 12.7 Å². The Kier molecular flexibility index (Phi) is 9.74. The van der Waals surface area contributed by atoms with Gasteiger partial charge in [0.15, 0.2) is 0 Å². The summed E-state index contributed by atoms with van der Waals surface area (Å²) in [5, 5.41) is 8.28. The summed E-state index contributed by atoms with van der Waals surface area (Å²) >= 11 is 0. The molecular weight excluding hydrogens is 596 g/mol. The van der Waals surface area contributed by atoms with Gasteiger partial charge >= 0.3 is 0 Å². The van der Waals surface area contributed by atoms with Gasteiger partial charge in [0.25, 0.3) is 0 Å². The molecule has 0 aromatic carbocycles. The molecule has 0 amide bonds. The third kappa shape index (κ3) is 6.30. The van der Waals surface area contributed by atoms with Crippen molar-refractivity contribution in [2.45, 2.75) is 83.1 Å². The highest BCUT2D eigenvalue weighted by Gasteiger charge is 2.10. The van der Waals surface area contributed by atoms with Crippen molar-refractivity contribution in [3.05, 3.63) is 130 Å². The predicted molar refractivity (Wildman–Crippen MR) is 193 cm³/mol. The third-order valence-electron chi connectivity index (χ3n) is 9.40. The molecule has 0 unspecified atom stereocenters. The molecule has 0 aliphatic rings. The largest absolute Gasteiger partial charge is 0.315 e. The Bertz CT molecular complexity index is 2310. The lowest BCUT2D eigenvalue weighted by molar-refractivity contribution is 0.867. The molecule has 8 rings (SSSR count). The molecule has 10 heteroatoms. The monoisotopic (exact) mass is 642 g/mol. The van der Waals surface area contributed by atoms with Crippen LogP contribution in [0.2, 0.25) is 0 Å². The smallest absolute Gasteiger partial charge is 0.136 e. The minimum atomic E-state index is 1.09. The molecule has 8 aromatic rings. The molecule has 0 saturated carbocycles. The van der Waals surface area contributed by atoms with Crippen LogP contribution in [0.3, 0.4) is 0 Å². The number of fused-ring (bicyclic) bond motifs is 4. The summed E-state index contributed by atoms with van der Waals surface area (Å²) in [5.41, 5.74) is 19.8. The summed E-state index contributed by atoms with van der Waals surface area (Å²) in [6, 6.07) is 4.29. The van der Waals surface area contributed by atoms with Crippen molar-refractivity contribution in [1.82, 2.24) is 48.0 Å². The molecule has 0 aliphatic carbocycles. The number of rotatable bonds is 0. The highest BCUT2D eigenvalue weighted by atomic mass is 15.2. The quantitative estimate of drug-likeness (QED) is 0.167. The number of aryl methyl sites for hydroxylation is 10. The number of aromatic nitrogens is 10. The zero-order valence-corrected chi connectivity index (χ0v) is 30.2. The highest BCUT2D eigenvalue weighted by molar-refractivity contribution is 5.60. The third-order valence-corrected chi connectivity index (χ3v) is 9.40. The maximum Gasteiger partial charge on any atom is 0.136 e. The second-order valence-electron chi connectivity index (χ2n) is 12.6. The average molecular weight is 643 g/mol. The van der Waals surface area contributed by atoms with Crippen molar-refractivity contribution in [2.24, 2.45) is 0 Å². The molecule has 0 bridgehead atoms. The Morgan fingerprint density at radius 2 is 0.854 bits per heavy atom. The molecular formula is C38H46N10. The van der Waals surface area contributed by atoms with Crippen molar-refractivity contribution in [2.75, 3.05) is 0 Å². The normalized spacial score (nSPS) is 10.9. The fourth-order valence-electron chi connectivity index (χ4n) is 6.33. The van der Waals surface area contributed by atoms with Crippen molar-refractivity contribution in [3.63, 3.8) is 0 Å². The summed E-state index contributed by atoms with van der Waals surface area (Å²) in [7, 11) is 0. The maximum atomic E-state index is 4.21. The fourth-order valence-corrected chi connectivity index (χ4v) is 6.33. The van der Waals surface area contributed by atoms with E-state index >= 15 is 0 Å². The molecule has 0 fully saturated rings. The van der Waals surface area contributed by atoms with Crippen LogP contribution in [0.5, 0.6) is 0 Å². The molecule has 10 nitrogen and oxygen atoms in total. The molecule has 0 saturated heterocycles. The summed E-state index contributed by atoms with van der Waals surface area (Å²) < 4.78 is 8.31. The van der Waals surface area contributed by atoms with Gasteiger partial charge in [-0.25, -0.2) is 19.0 Å². The highest BCUT2D eigenvalue weighted by Crippen LogP contribution is 2.22. The molecule has 8 aromatic heterocycles. The van der Waals surface area contributed by atoms with Gasteiger partial charge in [0, 0.05) is 46.6 Å². The van der Waals surface area contributed by atoms with Gasteiger partial charge in [-0.05, 0) is 129 Å². The Labute approximate surface area is 282 Å². The number of hydrogen-bond acceptors (Lipinski definition) is 6. The van der Waals surface area contributed by atoms with Gasteiger partial charge in [-0.15, -0.1) is 0 Å². The molecule has 0 radical (unpaired) electrons. The van der Waals surface area contributed by atoms with Gasteiger partial charge < -0.3 is 8.80 Å². The van der Waals surface area contributed by atoms with Gasteiger partial charge in [-0.1, -0.05) is 0 Å². The van der Waals surface area contributed by atoms with Crippen LogP contribution in [0.1, 0.15) is 67.5 Å². The van der Waals surface area contributed by atoms with Crippen LogP contribution in [0.4, 0.5) is 0 Å². The van der Waals surface area contributed by atoms with Crippen LogP contribution in [-0.4, -0.2) is 48.0 Å². The van der Waals surface area contributed by atoms with Gasteiger partial charge in [-0.2, -0.15) is 10.2 Å². The van der Waals surface area contributed by atoms with E-state index in [0.29, 0.717) is 0 Å². The number of hydrogen-bond donors (Lipinski definition) is 0. The first kappa shape index (κ1) is 34.0. The Hall–Kier alpha value is -5.38. The van der Waals surface area contributed by atoms with E-state index in [9.17, 15) is 0 Å². The Morgan fingerprint density at radius 3 is 1.44 bits per heavy atom. The second kappa shape index (κ2) is 13.8. The van der Waals surface area contributed by atoms with Crippen molar-refractivity contribution < 1.29 is 0 Å². The van der Waals surface area contributed by atoms with Crippen LogP contribution in [0.15, 0.2) is 62.0 Å². The standard InChI is InChI=1S/C11H14N2.C10H12N2.C9H11N3.C8H9N3/c1-7-5-12-6-11-9(3)8(2)10(4)13(7)11;1-7-4-8(2)12-9(3)5-11-6-10(7)12;1-6-7(2)9-4-10-5-11-12(9)8(6)3;1-6-3-7(2)11-8(6)4-9-5-10-11/h5-6H,1-4H3;4-6H,1-3H3;4-5H,1-3H3;3-5H,1-2H3. The van der Waals surface area contributed by atoms with Gasteiger partial charge in [0.1, 0.15) is 12.7 Å². The second-order valence-corrected chi connectivity index (χ2v) is 12.6. The van der Waals surface area contributed by atoms with Crippen LogP contribution >= 0.6 is 0 Å². The van der Waals surface area contributed by atoms with Crippen LogP contribution in [0, 0.1) is 83.1 Å². The first-order valence-corrected chi connectivity index (χ1v) is 16.1. The first-order valence-electron chi connectivity index (χ1n) is 16.1. The van der Waals surface area contributed by atoms with Gasteiger partial charge in [0.2, 0.25) is 0 Å². The lowest BCUT2D eigenvalue weighted by Gasteiger charge is -2.01. The van der Waals surface area contributed by atoms with Crippen LogP contribution in [-0.2, 0) is 0 Å². The molecule has 248 valence electrons. The average Bonchev–Trinajstić information content (AvgIpc) is 3.70. The summed E-state index contributed by atoms with van der Waals surface area (Å²) in [5.74, 6) is 0. The topological polar surface area (TPSA) is 95.0 Å². The van der Waals surface area contributed by atoms with E-state index in [4.69, 9.17) is 0 Å². The predicted octanol–water partition coefficient (Wildman–Crippen LogP) is 7.83. The molecule has 0 N–H and O–H groups in total. The molecule has 0 atom stereocenters. The molecule has 0 aliphatic heterocycles. The minimum absolute atomic E-state index is 1.09. The van der Waals surface area contributed by atoms with Gasteiger partial charge in [0.05, 0.1) is 46.9 Å². The fraction of sp³-hybridized carbons (Fsp3) is 0.316. The Balaban J connectivity index is 0.000000125. The summed E-state index contributed by atoms with van der Waals surface area (Å²) in [6.45, 7) is 25.2. The van der Waals surface area contributed by atoms with Gasteiger partial charge in [-0.3, -0.25) is 9.97 Å². The lowest BCUT2D eigenvalue weighted by Crippen LogP contribution is -1.93. The zero-order chi connectivity index (χ0) is 34.9. The summed E-state index contributed by atoms with van der Waals surface area (Å²) in [6.07, 6.45) is 14.4. The zero-order valence-electron chi connectivity index (χ0n) is 30.2. The SMILES string of the molecule is Cc1c(C)c2cncc(C)n2c1C.Cc1c(C)c2cncnn2c1C.Cc1cc(C)n2c(C)cncc12.Cc1cc(C)n2ncncc12. The lowest BCUT2D eigenvalue weighted by atomic mass is 10.2. The van der Waals surface area contributed by atoms with E-state index in [1.165, 1.54) is 72.9 Å². The Morgan fingerprint density at radius 1 is 0.375 bits per heavy atom. The van der Waals surface area contributed by atoms with Crippen molar-refractivity contribution in [3.8, 4) is 0 Å². The van der Waals surface area contributed by atoms with Crippen molar-refractivity contribution in [1.29, 1.82) is 0 Å². The number of nitrogens with zero attached hydrogens (tertiary/aromatic N) is 10. The minimum Gasteiger partial charge on any atom is -0.315 e. The van der Waals surface area contributed by atoms with E-state index in [0.717, 1.165) is 16.7 Å². The maximum absolute atomic E-state index is 4.21. The van der Waals surface area contributed by atoms with E-state index < -0.39 is 0 Å². The first-order chi connectivity index (χ1) is 22.8. The van der Waals surface area contributed by atoms with E-state index in [-0.39, 0.29) is 0 Å². The molecule has 0 spiro atoms. The van der Waals surface area contributed by atoms with E-state index in [1.807, 2.05) is 53.1 Å². The molecule has 8 heterocycles.